The Kier molecular flexibility index (Phi) is 4.28. The van der Waals surface area contributed by atoms with Crippen LogP contribution in [0.25, 0.3) is 0 Å². The molecule has 0 bridgehead atoms. The second-order valence-electron chi connectivity index (χ2n) is 6.07. The topological polar surface area (TPSA) is 65.2 Å². The zero-order chi connectivity index (χ0) is 14.8. The van der Waals surface area contributed by atoms with Gasteiger partial charge in [0, 0.05) is 43.1 Å². The molecule has 20 heavy (non-hydrogen) atoms. The van der Waals surface area contributed by atoms with Gasteiger partial charge in [-0.15, -0.1) is 0 Å². The number of piperidine rings is 1. The number of H-pyrrole nitrogens is 1. The van der Waals surface area contributed by atoms with E-state index in [0.717, 1.165) is 25.9 Å². The maximum atomic E-state index is 12.2. The summed E-state index contributed by atoms with van der Waals surface area (Å²) in [5.41, 5.74) is -0.297. The van der Waals surface area contributed by atoms with Gasteiger partial charge in [-0.3, -0.25) is 9.59 Å². The van der Waals surface area contributed by atoms with Crippen molar-refractivity contribution >= 4 is 5.91 Å². The van der Waals surface area contributed by atoms with Gasteiger partial charge in [-0.05, 0) is 33.6 Å². The van der Waals surface area contributed by atoms with Gasteiger partial charge >= 0.3 is 0 Å². The fourth-order valence-electron chi connectivity index (χ4n) is 2.59. The van der Waals surface area contributed by atoms with Crippen molar-refractivity contribution in [2.75, 3.05) is 13.1 Å². The molecule has 0 saturated carbocycles. The van der Waals surface area contributed by atoms with Gasteiger partial charge in [0.1, 0.15) is 5.56 Å². The van der Waals surface area contributed by atoms with Gasteiger partial charge in [0.25, 0.3) is 5.91 Å². The number of hydrogen-bond acceptors (Lipinski definition) is 3. The first-order valence-electron chi connectivity index (χ1n) is 7.15. The van der Waals surface area contributed by atoms with E-state index in [-0.39, 0.29) is 22.4 Å². The molecule has 2 heterocycles. The molecule has 0 spiro atoms. The number of nitrogens with zero attached hydrogens (tertiary/aromatic N) is 1. The fourth-order valence-corrected chi connectivity index (χ4v) is 2.59. The molecule has 0 aromatic carbocycles. The Hall–Kier alpha value is -1.62. The Morgan fingerprint density at radius 1 is 1.40 bits per heavy atom. The van der Waals surface area contributed by atoms with Crippen molar-refractivity contribution in [3.63, 3.8) is 0 Å². The van der Waals surface area contributed by atoms with Crippen LogP contribution in [0.15, 0.2) is 23.3 Å². The van der Waals surface area contributed by atoms with Crippen LogP contribution in [-0.4, -0.2) is 40.5 Å². The molecule has 1 aliphatic rings. The second-order valence-corrected chi connectivity index (χ2v) is 6.07. The van der Waals surface area contributed by atoms with E-state index >= 15 is 0 Å². The number of carbonyl (C=O) groups is 1. The van der Waals surface area contributed by atoms with Crippen LogP contribution in [0.5, 0.6) is 0 Å². The number of pyridine rings is 1. The van der Waals surface area contributed by atoms with E-state index in [4.69, 9.17) is 0 Å². The third-order valence-electron chi connectivity index (χ3n) is 4.12. The average molecular weight is 277 g/mol. The number of likely N-dealkylation sites (tertiary alicyclic amines) is 1. The molecule has 1 amide bonds. The number of rotatable bonds is 3. The standard InChI is InChI=1S/C15H23N3O2/c1-11(2)18-8-5-15(3,6-9-18)17-14(20)12-10-16-7-4-13(12)19/h4,7,10-11H,5-6,8-9H2,1-3H3,(H,16,19)(H,17,20). The zero-order valence-corrected chi connectivity index (χ0v) is 12.4. The van der Waals surface area contributed by atoms with Gasteiger partial charge in [0.2, 0.25) is 0 Å². The summed E-state index contributed by atoms with van der Waals surface area (Å²) >= 11 is 0. The van der Waals surface area contributed by atoms with Crippen molar-refractivity contribution in [3.05, 3.63) is 34.2 Å². The summed E-state index contributed by atoms with van der Waals surface area (Å²) in [6, 6.07) is 1.91. The molecule has 0 radical (unpaired) electrons. The van der Waals surface area contributed by atoms with Gasteiger partial charge in [-0.2, -0.15) is 0 Å². The van der Waals surface area contributed by atoms with Crippen molar-refractivity contribution in [1.82, 2.24) is 15.2 Å². The van der Waals surface area contributed by atoms with E-state index in [1.54, 1.807) is 0 Å². The Morgan fingerprint density at radius 2 is 2.05 bits per heavy atom. The van der Waals surface area contributed by atoms with Gasteiger partial charge < -0.3 is 15.2 Å². The molecule has 1 fully saturated rings. The number of nitrogens with one attached hydrogen (secondary N) is 2. The van der Waals surface area contributed by atoms with Gasteiger partial charge in [0.05, 0.1) is 0 Å². The Labute approximate surface area is 119 Å². The summed E-state index contributed by atoms with van der Waals surface area (Å²) in [6.45, 7) is 8.37. The molecule has 1 saturated heterocycles. The summed E-state index contributed by atoms with van der Waals surface area (Å²) in [6.07, 6.45) is 4.80. The molecule has 0 unspecified atom stereocenters. The third-order valence-corrected chi connectivity index (χ3v) is 4.12. The SMILES string of the molecule is CC(C)N1CCC(C)(NC(=O)c2c[nH]ccc2=O)CC1. The highest BCUT2D eigenvalue weighted by Gasteiger charge is 2.32. The van der Waals surface area contributed by atoms with E-state index in [1.165, 1.54) is 18.5 Å². The van der Waals surface area contributed by atoms with Gasteiger partial charge in [-0.1, -0.05) is 0 Å². The number of hydrogen-bond donors (Lipinski definition) is 2. The Morgan fingerprint density at radius 3 is 2.60 bits per heavy atom. The lowest BCUT2D eigenvalue weighted by Crippen LogP contribution is -2.54. The molecule has 110 valence electrons. The van der Waals surface area contributed by atoms with Crippen LogP contribution in [0.4, 0.5) is 0 Å². The molecule has 5 nitrogen and oxygen atoms in total. The van der Waals surface area contributed by atoms with Crippen molar-refractivity contribution < 1.29 is 4.79 Å². The van der Waals surface area contributed by atoms with Crippen LogP contribution in [0, 0.1) is 0 Å². The Bertz CT molecular complexity index is 528. The number of aromatic amines is 1. The average Bonchev–Trinajstić information content (AvgIpc) is 2.39. The summed E-state index contributed by atoms with van der Waals surface area (Å²) in [7, 11) is 0. The van der Waals surface area contributed by atoms with Crippen LogP contribution >= 0.6 is 0 Å². The van der Waals surface area contributed by atoms with Crippen molar-refractivity contribution in [3.8, 4) is 0 Å². The summed E-state index contributed by atoms with van der Waals surface area (Å²) in [4.78, 5) is 29.1. The lowest BCUT2D eigenvalue weighted by atomic mass is 9.88. The summed E-state index contributed by atoms with van der Waals surface area (Å²) < 4.78 is 0. The minimum absolute atomic E-state index is 0.181. The number of aromatic nitrogens is 1. The minimum Gasteiger partial charge on any atom is -0.367 e. The highest BCUT2D eigenvalue weighted by molar-refractivity contribution is 5.94. The van der Waals surface area contributed by atoms with Crippen molar-refractivity contribution in [2.24, 2.45) is 0 Å². The zero-order valence-electron chi connectivity index (χ0n) is 12.4. The summed E-state index contributed by atoms with van der Waals surface area (Å²) in [5, 5.41) is 3.03. The first-order chi connectivity index (χ1) is 9.41. The third kappa shape index (κ3) is 3.28. The minimum atomic E-state index is -0.285. The lowest BCUT2D eigenvalue weighted by molar-refractivity contribution is 0.0800. The molecule has 2 N–H and O–H groups in total. The molecule has 1 aromatic rings. The van der Waals surface area contributed by atoms with Crippen LogP contribution in [0.3, 0.4) is 0 Å². The first kappa shape index (κ1) is 14.8. The molecular weight excluding hydrogens is 254 g/mol. The van der Waals surface area contributed by atoms with E-state index < -0.39 is 0 Å². The summed E-state index contributed by atoms with van der Waals surface area (Å²) in [5.74, 6) is -0.285. The number of amides is 1. The first-order valence-corrected chi connectivity index (χ1v) is 7.15. The van der Waals surface area contributed by atoms with Gasteiger partial charge in [-0.25, -0.2) is 0 Å². The molecule has 1 aliphatic heterocycles. The smallest absolute Gasteiger partial charge is 0.257 e. The predicted octanol–water partition coefficient (Wildman–Crippen LogP) is 1.37. The van der Waals surface area contributed by atoms with Crippen LogP contribution in [0.2, 0.25) is 0 Å². The van der Waals surface area contributed by atoms with E-state index in [0.29, 0.717) is 6.04 Å². The molecule has 2 rings (SSSR count). The van der Waals surface area contributed by atoms with E-state index in [2.05, 4.69) is 36.0 Å². The maximum absolute atomic E-state index is 12.2. The monoisotopic (exact) mass is 277 g/mol. The molecule has 1 aromatic heterocycles. The van der Waals surface area contributed by atoms with Crippen LogP contribution in [-0.2, 0) is 0 Å². The van der Waals surface area contributed by atoms with Gasteiger partial charge in [0.15, 0.2) is 5.43 Å². The largest absolute Gasteiger partial charge is 0.367 e. The number of carbonyl (C=O) groups excluding carboxylic acids is 1. The van der Waals surface area contributed by atoms with Crippen molar-refractivity contribution in [1.29, 1.82) is 0 Å². The van der Waals surface area contributed by atoms with E-state index in [1.807, 2.05) is 0 Å². The molecule has 5 heteroatoms. The predicted molar refractivity (Wildman–Crippen MR) is 78.9 cm³/mol. The Balaban J connectivity index is 2.02. The fraction of sp³-hybridized carbons (Fsp3) is 0.600. The lowest BCUT2D eigenvalue weighted by Gasteiger charge is -2.41. The molecule has 0 atom stereocenters. The normalized spacial score (nSPS) is 19.0. The van der Waals surface area contributed by atoms with Crippen molar-refractivity contribution in [2.45, 2.75) is 45.2 Å². The quantitative estimate of drug-likeness (QED) is 0.877. The highest BCUT2D eigenvalue weighted by Crippen LogP contribution is 2.23. The van der Waals surface area contributed by atoms with E-state index in [9.17, 15) is 9.59 Å². The maximum Gasteiger partial charge on any atom is 0.257 e. The molecule has 0 aliphatic carbocycles. The van der Waals surface area contributed by atoms with Crippen LogP contribution < -0.4 is 10.7 Å². The second kappa shape index (κ2) is 5.79. The molecular formula is C15H23N3O2. The van der Waals surface area contributed by atoms with Crippen LogP contribution in [0.1, 0.15) is 44.0 Å². The highest BCUT2D eigenvalue weighted by atomic mass is 16.2.